The SMILES string of the molecule is CO[C@H]1[C@@H](Oc2ccccc2)O[C@@H](C)[C@H]2OC(=O)O[C@@H]12. The molecule has 0 radical (unpaired) electrons. The van der Waals surface area contributed by atoms with Crippen molar-refractivity contribution in [3.63, 3.8) is 0 Å². The van der Waals surface area contributed by atoms with Crippen LogP contribution >= 0.6 is 0 Å². The second-order valence-corrected chi connectivity index (χ2v) is 4.76. The lowest BCUT2D eigenvalue weighted by Crippen LogP contribution is -2.57. The second-order valence-electron chi connectivity index (χ2n) is 4.76. The molecule has 1 aromatic carbocycles. The van der Waals surface area contributed by atoms with E-state index in [1.165, 1.54) is 7.11 Å². The van der Waals surface area contributed by atoms with E-state index in [-0.39, 0.29) is 6.10 Å². The molecule has 1 aromatic rings. The van der Waals surface area contributed by atoms with E-state index in [4.69, 9.17) is 23.7 Å². The first-order chi connectivity index (χ1) is 9.69. The van der Waals surface area contributed by atoms with Gasteiger partial charge >= 0.3 is 6.16 Å². The molecule has 0 aliphatic carbocycles. The Balaban J connectivity index is 1.79. The van der Waals surface area contributed by atoms with Gasteiger partial charge in [-0.15, -0.1) is 0 Å². The van der Waals surface area contributed by atoms with Gasteiger partial charge in [-0.25, -0.2) is 4.79 Å². The lowest BCUT2D eigenvalue weighted by atomic mass is 10.00. The lowest BCUT2D eigenvalue weighted by molar-refractivity contribution is -0.250. The molecule has 0 N–H and O–H groups in total. The quantitative estimate of drug-likeness (QED) is 0.786. The van der Waals surface area contributed by atoms with Crippen LogP contribution in [0, 0.1) is 0 Å². The van der Waals surface area contributed by atoms with Gasteiger partial charge in [0.2, 0.25) is 6.29 Å². The molecule has 2 heterocycles. The fourth-order valence-electron chi connectivity index (χ4n) is 2.50. The van der Waals surface area contributed by atoms with E-state index in [2.05, 4.69) is 0 Å². The van der Waals surface area contributed by atoms with Gasteiger partial charge < -0.3 is 23.7 Å². The number of hydrogen-bond donors (Lipinski definition) is 0. The van der Waals surface area contributed by atoms with Gasteiger partial charge in [0.15, 0.2) is 18.3 Å². The van der Waals surface area contributed by atoms with Gasteiger partial charge in [-0.3, -0.25) is 0 Å². The number of methoxy groups -OCH3 is 1. The normalized spacial score (nSPS) is 35.9. The van der Waals surface area contributed by atoms with Crippen molar-refractivity contribution in [1.82, 2.24) is 0 Å². The fraction of sp³-hybridized carbons (Fsp3) is 0.500. The van der Waals surface area contributed by atoms with E-state index < -0.39 is 30.8 Å². The standard InChI is InChI=1S/C14H16O6/c1-8-10-11(20-14(15)19-10)12(16-2)13(17-8)18-9-6-4-3-5-7-9/h3-8,10-13H,1-2H3/t8-,10+,11+,12+,13+/m0/s1. The number of para-hydroxylation sites is 1. The molecular formula is C14H16O6. The van der Waals surface area contributed by atoms with Crippen LogP contribution in [0.15, 0.2) is 30.3 Å². The van der Waals surface area contributed by atoms with Crippen molar-refractivity contribution in [3.05, 3.63) is 30.3 Å². The summed E-state index contributed by atoms with van der Waals surface area (Å²) in [5.74, 6) is 0.662. The van der Waals surface area contributed by atoms with Crippen molar-refractivity contribution >= 4 is 6.16 Å². The van der Waals surface area contributed by atoms with Crippen LogP contribution in [0.25, 0.3) is 0 Å². The molecule has 5 atom stereocenters. The van der Waals surface area contributed by atoms with Crippen LogP contribution in [0.1, 0.15) is 6.92 Å². The van der Waals surface area contributed by atoms with Gasteiger partial charge in [0.25, 0.3) is 0 Å². The first kappa shape index (κ1) is 13.2. The molecule has 2 aliphatic heterocycles. The Kier molecular flexibility index (Phi) is 3.50. The monoisotopic (exact) mass is 280 g/mol. The van der Waals surface area contributed by atoms with E-state index in [1.54, 1.807) is 0 Å². The smallest absolute Gasteiger partial charge is 0.462 e. The molecule has 0 unspecified atom stereocenters. The zero-order chi connectivity index (χ0) is 14.1. The van der Waals surface area contributed by atoms with Crippen LogP contribution in [-0.4, -0.2) is 44.0 Å². The number of fused-ring (bicyclic) bond motifs is 1. The van der Waals surface area contributed by atoms with Crippen LogP contribution in [0.2, 0.25) is 0 Å². The van der Waals surface area contributed by atoms with E-state index in [1.807, 2.05) is 37.3 Å². The van der Waals surface area contributed by atoms with Crippen molar-refractivity contribution in [2.45, 2.75) is 37.6 Å². The Morgan fingerprint density at radius 2 is 1.80 bits per heavy atom. The van der Waals surface area contributed by atoms with E-state index in [9.17, 15) is 4.79 Å². The van der Waals surface area contributed by atoms with Crippen LogP contribution in [0.4, 0.5) is 4.79 Å². The number of ether oxygens (including phenoxy) is 5. The number of carbonyl (C=O) groups excluding carboxylic acids is 1. The number of carbonyl (C=O) groups is 1. The summed E-state index contributed by atoms with van der Waals surface area (Å²) < 4.78 is 27.2. The molecule has 2 saturated heterocycles. The van der Waals surface area contributed by atoms with Crippen LogP contribution in [0.5, 0.6) is 5.75 Å². The Bertz CT molecular complexity index is 476. The molecule has 3 rings (SSSR count). The summed E-state index contributed by atoms with van der Waals surface area (Å²) in [6.45, 7) is 1.81. The molecule has 2 aliphatic rings. The van der Waals surface area contributed by atoms with Gasteiger partial charge in [0.05, 0.1) is 6.10 Å². The summed E-state index contributed by atoms with van der Waals surface area (Å²) in [6, 6.07) is 9.28. The number of hydrogen-bond acceptors (Lipinski definition) is 6. The first-order valence-corrected chi connectivity index (χ1v) is 6.46. The zero-order valence-corrected chi connectivity index (χ0v) is 11.2. The summed E-state index contributed by atoms with van der Waals surface area (Å²) in [4.78, 5) is 11.3. The summed E-state index contributed by atoms with van der Waals surface area (Å²) >= 11 is 0. The van der Waals surface area contributed by atoms with Crippen molar-refractivity contribution in [2.75, 3.05) is 7.11 Å². The second kappa shape index (κ2) is 5.30. The summed E-state index contributed by atoms with van der Waals surface area (Å²) in [7, 11) is 1.52. The molecule has 0 amide bonds. The fourth-order valence-corrected chi connectivity index (χ4v) is 2.50. The van der Waals surface area contributed by atoms with Crippen LogP contribution in [0.3, 0.4) is 0 Å². The average molecular weight is 280 g/mol. The highest BCUT2D eigenvalue weighted by Crippen LogP contribution is 2.33. The molecule has 6 nitrogen and oxygen atoms in total. The molecule has 0 spiro atoms. The Morgan fingerprint density at radius 1 is 1.10 bits per heavy atom. The van der Waals surface area contributed by atoms with Crippen molar-refractivity contribution in [2.24, 2.45) is 0 Å². The van der Waals surface area contributed by atoms with Gasteiger partial charge in [0.1, 0.15) is 5.75 Å². The van der Waals surface area contributed by atoms with Crippen molar-refractivity contribution in [1.29, 1.82) is 0 Å². The topological polar surface area (TPSA) is 63.2 Å². The van der Waals surface area contributed by atoms with Crippen molar-refractivity contribution in [3.8, 4) is 5.75 Å². The minimum atomic E-state index is -0.696. The van der Waals surface area contributed by atoms with Gasteiger partial charge in [-0.1, -0.05) is 18.2 Å². The molecule has 0 aromatic heterocycles. The third-order valence-electron chi connectivity index (χ3n) is 3.46. The molecule has 108 valence electrons. The Morgan fingerprint density at radius 3 is 2.50 bits per heavy atom. The average Bonchev–Trinajstić information content (AvgIpc) is 2.82. The number of benzene rings is 1. The molecule has 0 saturated carbocycles. The maximum Gasteiger partial charge on any atom is 0.509 e. The van der Waals surface area contributed by atoms with E-state index in [0.717, 1.165) is 0 Å². The van der Waals surface area contributed by atoms with Gasteiger partial charge in [-0.05, 0) is 19.1 Å². The highest BCUT2D eigenvalue weighted by atomic mass is 16.8. The maximum absolute atomic E-state index is 11.3. The predicted octanol–water partition coefficient (Wildman–Crippen LogP) is 1.73. The summed E-state index contributed by atoms with van der Waals surface area (Å²) in [5, 5.41) is 0. The number of rotatable bonds is 3. The van der Waals surface area contributed by atoms with Crippen LogP contribution in [-0.2, 0) is 18.9 Å². The molecule has 0 bridgehead atoms. The highest BCUT2D eigenvalue weighted by molar-refractivity contribution is 5.63. The first-order valence-electron chi connectivity index (χ1n) is 6.46. The van der Waals surface area contributed by atoms with Crippen LogP contribution < -0.4 is 4.74 Å². The Labute approximate surface area is 116 Å². The molecule has 20 heavy (non-hydrogen) atoms. The van der Waals surface area contributed by atoms with Gasteiger partial charge in [-0.2, -0.15) is 0 Å². The maximum atomic E-state index is 11.3. The minimum absolute atomic E-state index is 0.327. The van der Waals surface area contributed by atoms with E-state index >= 15 is 0 Å². The largest absolute Gasteiger partial charge is 0.509 e. The zero-order valence-electron chi connectivity index (χ0n) is 11.2. The molecular weight excluding hydrogens is 264 g/mol. The molecule has 6 heteroatoms. The third-order valence-corrected chi connectivity index (χ3v) is 3.46. The highest BCUT2D eigenvalue weighted by Gasteiger charge is 2.54. The lowest BCUT2D eigenvalue weighted by Gasteiger charge is -2.38. The molecule has 2 fully saturated rings. The van der Waals surface area contributed by atoms with Gasteiger partial charge in [0, 0.05) is 7.11 Å². The Hall–Kier alpha value is -1.79. The summed E-state index contributed by atoms with van der Waals surface area (Å²) in [6.07, 6.45) is -3.21. The minimum Gasteiger partial charge on any atom is -0.462 e. The third kappa shape index (κ3) is 2.32. The summed E-state index contributed by atoms with van der Waals surface area (Å²) in [5.41, 5.74) is 0. The van der Waals surface area contributed by atoms with Crippen molar-refractivity contribution < 1.29 is 28.5 Å². The predicted molar refractivity (Wildman–Crippen MR) is 67.3 cm³/mol. The van der Waals surface area contributed by atoms with E-state index in [0.29, 0.717) is 5.75 Å².